The largest absolute Gasteiger partial charge is 0.446 e. The van der Waals surface area contributed by atoms with Crippen LogP contribution in [0.15, 0.2) is 24.3 Å². The molecule has 0 bridgehead atoms. The summed E-state index contributed by atoms with van der Waals surface area (Å²) >= 11 is 0. The minimum atomic E-state index is -0.747. The molecule has 6 nitrogen and oxygen atoms in total. The molecule has 31 heavy (non-hydrogen) atoms. The first-order chi connectivity index (χ1) is 14.6. The van der Waals surface area contributed by atoms with Crippen LogP contribution in [0.2, 0.25) is 0 Å². The molecule has 0 saturated heterocycles. The van der Waals surface area contributed by atoms with Crippen LogP contribution in [0.5, 0.6) is 5.75 Å². The number of carbonyl (C=O) groups excluding carboxylic acids is 2. The normalized spacial score (nSPS) is 22.5. The van der Waals surface area contributed by atoms with Gasteiger partial charge in [0.2, 0.25) is 0 Å². The van der Waals surface area contributed by atoms with Crippen LogP contribution >= 0.6 is 0 Å². The van der Waals surface area contributed by atoms with Crippen LogP contribution in [0.4, 0.5) is 9.59 Å². The first-order valence-electron chi connectivity index (χ1n) is 11.6. The highest BCUT2D eigenvalue weighted by Gasteiger charge is 2.42. The molecule has 1 fully saturated rings. The number of rotatable bonds is 10. The monoisotopic (exact) mass is 432 g/mol. The van der Waals surface area contributed by atoms with E-state index >= 15 is 0 Å². The van der Waals surface area contributed by atoms with Crippen LogP contribution in [0.25, 0.3) is 0 Å². The summed E-state index contributed by atoms with van der Waals surface area (Å²) in [7, 11) is 0. The Morgan fingerprint density at radius 3 is 2.52 bits per heavy atom. The number of ether oxygens (including phenoxy) is 2. The van der Waals surface area contributed by atoms with Crippen molar-refractivity contribution in [3.63, 3.8) is 0 Å². The molecule has 2 atom stereocenters. The molecule has 1 aliphatic rings. The molecule has 6 heteroatoms. The lowest BCUT2D eigenvalue weighted by Gasteiger charge is -2.45. The number of para-hydroxylation sites is 1. The van der Waals surface area contributed by atoms with Gasteiger partial charge < -0.3 is 20.5 Å². The third-order valence-corrected chi connectivity index (χ3v) is 6.07. The van der Waals surface area contributed by atoms with E-state index in [4.69, 9.17) is 15.2 Å². The highest BCUT2D eigenvalue weighted by molar-refractivity contribution is 5.70. The number of nitrogens with two attached hydrogens (primary N) is 1. The number of carbonyl (C=O) groups is 2. The van der Waals surface area contributed by atoms with Crippen molar-refractivity contribution in [2.75, 3.05) is 6.54 Å². The Hall–Kier alpha value is -2.24. The van der Waals surface area contributed by atoms with Crippen molar-refractivity contribution in [2.24, 2.45) is 16.6 Å². The Kier molecular flexibility index (Phi) is 9.20. The molecule has 1 aromatic carbocycles. The summed E-state index contributed by atoms with van der Waals surface area (Å²) in [5, 5.41) is 2.93. The van der Waals surface area contributed by atoms with Crippen LogP contribution in [0, 0.1) is 10.8 Å². The van der Waals surface area contributed by atoms with Gasteiger partial charge in [0.15, 0.2) is 0 Å². The maximum Gasteiger partial charge on any atom is 0.412 e. The Labute approximate surface area is 187 Å². The molecular formula is C25H40N2O4. The van der Waals surface area contributed by atoms with E-state index in [1.807, 2.05) is 24.3 Å². The molecule has 0 heterocycles. The first-order valence-corrected chi connectivity index (χ1v) is 11.6. The molecule has 1 aromatic rings. The fourth-order valence-electron chi connectivity index (χ4n) is 5.07. The van der Waals surface area contributed by atoms with Crippen molar-refractivity contribution in [2.45, 2.75) is 91.6 Å². The molecule has 2 unspecified atom stereocenters. The van der Waals surface area contributed by atoms with E-state index in [9.17, 15) is 9.59 Å². The number of amides is 2. The molecule has 0 radical (unpaired) electrons. The van der Waals surface area contributed by atoms with Crippen LogP contribution < -0.4 is 15.8 Å². The number of nitrogens with one attached hydrogen (secondary N) is 1. The highest BCUT2D eigenvalue weighted by Crippen LogP contribution is 2.46. The van der Waals surface area contributed by atoms with E-state index in [1.54, 1.807) is 0 Å². The number of hydrogen-bond donors (Lipinski definition) is 2. The number of benzene rings is 1. The second-order valence-electron chi connectivity index (χ2n) is 10.1. The predicted octanol–water partition coefficient (Wildman–Crippen LogP) is 5.97. The molecule has 0 aromatic heterocycles. The molecule has 1 aliphatic carbocycles. The van der Waals surface area contributed by atoms with Crippen molar-refractivity contribution >= 4 is 12.2 Å². The fraction of sp³-hybridized carbons (Fsp3) is 0.680. The summed E-state index contributed by atoms with van der Waals surface area (Å²) in [5.74, 6) is 0.625. The summed E-state index contributed by atoms with van der Waals surface area (Å²) in [6, 6.07) is 7.75. The fourth-order valence-corrected chi connectivity index (χ4v) is 5.07. The Morgan fingerprint density at radius 1 is 1.10 bits per heavy atom. The van der Waals surface area contributed by atoms with Crippen molar-refractivity contribution in [3.8, 4) is 5.75 Å². The van der Waals surface area contributed by atoms with E-state index in [0.29, 0.717) is 18.7 Å². The molecule has 3 N–H and O–H groups in total. The maximum atomic E-state index is 12.5. The van der Waals surface area contributed by atoms with Gasteiger partial charge in [0.25, 0.3) is 0 Å². The van der Waals surface area contributed by atoms with Crippen molar-refractivity contribution in [1.82, 2.24) is 5.32 Å². The molecule has 0 spiro atoms. The van der Waals surface area contributed by atoms with Crippen molar-refractivity contribution in [3.05, 3.63) is 29.8 Å². The first kappa shape index (κ1) is 25.0. The molecule has 2 rings (SSSR count). The highest BCUT2D eigenvalue weighted by atomic mass is 16.6. The van der Waals surface area contributed by atoms with Gasteiger partial charge in [0.05, 0.1) is 0 Å². The molecule has 0 aliphatic heterocycles. The van der Waals surface area contributed by atoms with Gasteiger partial charge in [0, 0.05) is 6.54 Å². The lowest BCUT2D eigenvalue weighted by atomic mass is 9.63. The Balaban J connectivity index is 1.90. The van der Waals surface area contributed by atoms with Crippen molar-refractivity contribution in [1.29, 1.82) is 0 Å². The van der Waals surface area contributed by atoms with E-state index in [2.05, 4.69) is 33.0 Å². The third kappa shape index (κ3) is 8.80. The summed E-state index contributed by atoms with van der Waals surface area (Å²) in [5.41, 5.74) is 6.07. The summed E-state index contributed by atoms with van der Waals surface area (Å²) in [6.07, 6.45) is 7.83. The SMILES string of the molecule is CCCCCCCc1ccccc1OC(=O)NCC1(C)CC(OC(N)=O)CC(C)(C)C1. The van der Waals surface area contributed by atoms with Crippen LogP contribution in [0.3, 0.4) is 0 Å². The van der Waals surface area contributed by atoms with E-state index in [-0.39, 0.29) is 16.9 Å². The Bertz CT molecular complexity index is 734. The number of unbranched alkanes of at least 4 members (excludes halogenated alkanes) is 4. The molecule has 2 amide bonds. The van der Waals surface area contributed by atoms with E-state index in [0.717, 1.165) is 31.2 Å². The lowest BCUT2D eigenvalue weighted by molar-refractivity contribution is -0.0163. The van der Waals surface area contributed by atoms with Gasteiger partial charge in [-0.3, -0.25) is 0 Å². The Morgan fingerprint density at radius 2 is 1.81 bits per heavy atom. The summed E-state index contributed by atoms with van der Waals surface area (Å²) < 4.78 is 10.9. The van der Waals surface area contributed by atoms with Crippen LogP contribution in [-0.4, -0.2) is 24.8 Å². The van der Waals surface area contributed by atoms with Crippen molar-refractivity contribution < 1.29 is 19.1 Å². The topological polar surface area (TPSA) is 90.7 Å². The number of primary amides is 1. The third-order valence-electron chi connectivity index (χ3n) is 6.07. The average molecular weight is 433 g/mol. The van der Waals surface area contributed by atoms with Gasteiger partial charge in [-0.1, -0.05) is 71.6 Å². The molecule has 1 saturated carbocycles. The van der Waals surface area contributed by atoms with E-state index < -0.39 is 12.2 Å². The summed E-state index contributed by atoms with van der Waals surface area (Å²) in [6.45, 7) is 9.07. The average Bonchev–Trinajstić information content (AvgIpc) is 2.65. The smallest absolute Gasteiger partial charge is 0.412 e. The number of hydrogen-bond acceptors (Lipinski definition) is 4. The van der Waals surface area contributed by atoms with Gasteiger partial charge in [-0.05, 0) is 54.6 Å². The zero-order valence-electron chi connectivity index (χ0n) is 19.7. The minimum absolute atomic E-state index is 0.0108. The minimum Gasteiger partial charge on any atom is -0.446 e. The van der Waals surface area contributed by atoms with Gasteiger partial charge >= 0.3 is 12.2 Å². The van der Waals surface area contributed by atoms with E-state index in [1.165, 1.54) is 25.7 Å². The lowest BCUT2D eigenvalue weighted by Crippen LogP contribution is -2.47. The number of aryl methyl sites for hydroxylation is 1. The quantitative estimate of drug-likeness (QED) is 0.446. The second-order valence-corrected chi connectivity index (χ2v) is 10.1. The van der Waals surface area contributed by atoms with Gasteiger partial charge in [-0.2, -0.15) is 0 Å². The standard InChI is InChI=1S/C25H40N2O4/c1-5-6-7-8-9-12-19-13-10-11-14-21(19)31-23(29)27-18-25(4)16-20(30-22(26)28)15-24(2,3)17-25/h10-11,13-14,20H,5-9,12,15-18H2,1-4H3,(H2,26,28)(H,27,29). The van der Waals surface area contributed by atoms with Gasteiger partial charge in [-0.25, -0.2) is 9.59 Å². The van der Waals surface area contributed by atoms with Gasteiger partial charge in [0.1, 0.15) is 11.9 Å². The van der Waals surface area contributed by atoms with Crippen LogP contribution in [-0.2, 0) is 11.2 Å². The molecule has 174 valence electrons. The molecular weight excluding hydrogens is 392 g/mol. The second kappa shape index (κ2) is 11.4. The van der Waals surface area contributed by atoms with Crippen LogP contribution in [0.1, 0.15) is 84.6 Å². The maximum absolute atomic E-state index is 12.5. The zero-order valence-corrected chi connectivity index (χ0v) is 19.7. The summed E-state index contributed by atoms with van der Waals surface area (Å²) in [4.78, 5) is 23.8. The predicted molar refractivity (Wildman–Crippen MR) is 123 cm³/mol. The zero-order chi connectivity index (χ0) is 22.9. The van der Waals surface area contributed by atoms with Gasteiger partial charge in [-0.15, -0.1) is 0 Å².